The Morgan fingerprint density at radius 1 is 1.18 bits per heavy atom. The first-order valence-corrected chi connectivity index (χ1v) is 7.61. The Morgan fingerprint density at radius 2 is 1.86 bits per heavy atom. The van der Waals surface area contributed by atoms with Crippen molar-refractivity contribution in [1.29, 1.82) is 0 Å². The molecule has 0 bridgehead atoms. The maximum atomic E-state index is 12.7. The Kier molecular flexibility index (Phi) is 5.16. The summed E-state index contributed by atoms with van der Waals surface area (Å²) < 4.78 is 0. The third-order valence-corrected chi connectivity index (χ3v) is 3.76. The molecule has 2 nitrogen and oxygen atoms in total. The highest BCUT2D eigenvalue weighted by Crippen LogP contribution is 2.20. The summed E-state index contributed by atoms with van der Waals surface area (Å²) in [6.45, 7) is 8.71. The number of rotatable bonds is 5. The van der Waals surface area contributed by atoms with Gasteiger partial charge < -0.3 is 4.90 Å². The molecule has 0 saturated heterocycles. The first kappa shape index (κ1) is 16.0. The SMILES string of the molecule is C=C(/C=C(\C)CN(C)C(=O)c1cccc2ccccc12)CC. The van der Waals surface area contributed by atoms with Crippen LogP contribution in [-0.4, -0.2) is 24.4 Å². The van der Waals surface area contributed by atoms with Crippen molar-refractivity contribution in [2.75, 3.05) is 13.6 Å². The summed E-state index contributed by atoms with van der Waals surface area (Å²) in [5.74, 6) is 0.0478. The molecule has 0 heterocycles. The number of nitrogens with zero attached hydrogens (tertiary/aromatic N) is 1. The molecule has 0 saturated carbocycles. The number of hydrogen-bond donors (Lipinski definition) is 0. The van der Waals surface area contributed by atoms with Gasteiger partial charge in [-0.3, -0.25) is 4.79 Å². The number of carbonyl (C=O) groups excluding carboxylic acids is 1. The van der Waals surface area contributed by atoms with Gasteiger partial charge in [0.05, 0.1) is 0 Å². The summed E-state index contributed by atoms with van der Waals surface area (Å²) in [6, 6.07) is 13.8. The third kappa shape index (κ3) is 3.64. The van der Waals surface area contributed by atoms with Crippen LogP contribution in [0, 0.1) is 0 Å². The monoisotopic (exact) mass is 293 g/mol. The maximum absolute atomic E-state index is 12.7. The minimum absolute atomic E-state index is 0.0478. The molecule has 2 aromatic carbocycles. The van der Waals surface area contributed by atoms with Gasteiger partial charge in [-0.25, -0.2) is 0 Å². The van der Waals surface area contributed by atoms with Crippen molar-refractivity contribution in [1.82, 2.24) is 4.90 Å². The maximum Gasteiger partial charge on any atom is 0.254 e. The van der Waals surface area contributed by atoms with Crippen molar-refractivity contribution < 1.29 is 4.79 Å². The average molecular weight is 293 g/mol. The zero-order valence-electron chi connectivity index (χ0n) is 13.6. The quantitative estimate of drug-likeness (QED) is 0.723. The fourth-order valence-electron chi connectivity index (χ4n) is 2.56. The molecule has 0 aliphatic carbocycles. The molecule has 0 aromatic heterocycles. The van der Waals surface area contributed by atoms with Crippen LogP contribution in [0.1, 0.15) is 30.6 Å². The first-order chi connectivity index (χ1) is 10.5. The molecule has 22 heavy (non-hydrogen) atoms. The summed E-state index contributed by atoms with van der Waals surface area (Å²) in [6.07, 6.45) is 2.99. The highest BCUT2D eigenvalue weighted by atomic mass is 16.2. The average Bonchev–Trinajstić information content (AvgIpc) is 2.53. The van der Waals surface area contributed by atoms with Crippen LogP contribution in [0.3, 0.4) is 0 Å². The number of hydrogen-bond acceptors (Lipinski definition) is 1. The Bertz CT molecular complexity index is 722. The predicted octanol–water partition coefficient (Wildman–Crippen LogP) is 4.82. The van der Waals surface area contributed by atoms with Crippen LogP contribution >= 0.6 is 0 Å². The fourth-order valence-corrected chi connectivity index (χ4v) is 2.56. The lowest BCUT2D eigenvalue weighted by atomic mass is 10.0. The van der Waals surface area contributed by atoms with Crippen molar-refractivity contribution >= 4 is 16.7 Å². The van der Waals surface area contributed by atoms with E-state index in [1.54, 1.807) is 4.90 Å². The van der Waals surface area contributed by atoms with E-state index in [0.717, 1.165) is 33.9 Å². The molecular formula is C20H23NO. The van der Waals surface area contributed by atoms with Crippen LogP contribution in [0.2, 0.25) is 0 Å². The van der Waals surface area contributed by atoms with E-state index in [2.05, 4.69) is 19.6 Å². The standard InChI is InChI=1S/C20H23NO/c1-5-15(2)13-16(3)14-21(4)20(22)19-12-8-10-17-9-6-7-11-18(17)19/h6-13H,2,5,14H2,1,3-4H3/b16-13+. The van der Waals surface area contributed by atoms with Gasteiger partial charge in [-0.05, 0) is 30.2 Å². The summed E-state index contributed by atoms with van der Waals surface area (Å²) in [7, 11) is 1.84. The van der Waals surface area contributed by atoms with Gasteiger partial charge in [0.1, 0.15) is 0 Å². The fraction of sp³-hybridized carbons (Fsp3) is 0.250. The molecular weight excluding hydrogens is 270 g/mol. The molecule has 2 aromatic rings. The summed E-state index contributed by atoms with van der Waals surface area (Å²) in [5, 5.41) is 2.09. The largest absolute Gasteiger partial charge is 0.338 e. The Morgan fingerprint density at radius 3 is 2.59 bits per heavy atom. The van der Waals surface area contributed by atoms with E-state index in [1.807, 2.05) is 56.4 Å². The number of likely N-dealkylation sites (N-methyl/N-ethyl adjacent to an activating group) is 1. The molecule has 0 N–H and O–H groups in total. The van der Waals surface area contributed by atoms with Crippen LogP contribution in [0.4, 0.5) is 0 Å². The minimum atomic E-state index is 0.0478. The minimum Gasteiger partial charge on any atom is -0.338 e. The number of allylic oxidation sites excluding steroid dienone is 2. The summed E-state index contributed by atoms with van der Waals surface area (Å²) in [4.78, 5) is 14.5. The lowest BCUT2D eigenvalue weighted by molar-refractivity contribution is 0.0809. The molecule has 0 atom stereocenters. The van der Waals surface area contributed by atoms with E-state index >= 15 is 0 Å². The van der Waals surface area contributed by atoms with Crippen LogP contribution in [0.25, 0.3) is 10.8 Å². The van der Waals surface area contributed by atoms with E-state index in [0.29, 0.717) is 6.54 Å². The van der Waals surface area contributed by atoms with E-state index in [1.165, 1.54) is 0 Å². The first-order valence-electron chi connectivity index (χ1n) is 7.61. The molecule has 114 valence electrons. The van der Waals surface area contributed by atoms with E-state index < -0.39 is 0 Å². The second-order valence-corrected chi connectivity index (χ2v) is 5.69. The van der Waals surface area contributed by atoms with Crippen LogP contribution < -0.4 is 0 Å². The number of fused-ring (bicyclic) bond motifs is 1. The molecule has 0 radical (unpaired) electrons. The molecule has 0 aliphatic rings. The van der Waals surface area contributed by atoms with E-state index in [-0.39, 0.29) is 5.91 Å². The summed E-state index contributed by atoms with van der Waals surface area (Å²) in [5.41, 5.74) is 2.98. The summed E-state index contributed by atoms with van der Waals surface area (Å²) >= 11 is 0. The zero-order chi connectivity index (χ0) is 16.1. The van der Waals surface area contributed by atoms with Crippen molar-refractivity contribution in [3.63, 3.8) is 0 Å². The lowest BCUT2D eigenvalue weighted by Crippen LogP contribution is -2.28. The predicted molar refractivity (Wildman–Crippen MR) is 94.1 cm³/mol. The van der Waals surface area contributed by atoms with Gasteiger partial charge in [0.25, 0.3) is 5.91 Å². The van der Waals surface area contributed by atoms with Gasteiger partial charge in [-0.15, -0.1) is 0 Å². The lowest BCUT2D eigenvalue weighted by Gasteiger charge is -2.19. The number of benzene rings is 2. The number of amides is 1. The molecule has 2 rings (SSSR count). The van der Waals surface area contributed by atoms with Gasteiger partial charge in [0, 0.05) is 19.2 Å². The van der Waals surface area contributed by atoms with Crippen molar-refractivity contribution in [3.8, 4) is 0 Å². The van der Waals surface area contributed by atoms with Gasteiger partial charge in [-0.2, -0.15) is 0 Å². The Hall–Kier alpha value is -2.35. The molecule has 0 fully saturated rings. The molecule has 1 amide bonds. The highest BCUT2D eigenvalue weighted by molar-refractivity contribution is 6.06. The molecule has 0 spiro atoms. The van der Waals surface area contributed by atoms with Crippen LogP contribution in [0.5, 0.6) is 0 Å². The molecule has 0 aliphatic heterocycles. The Balaban J connectivity index is 2.23. The van der Waals surface area contributed by atoms with E-state index in [4.69, 9.17) is 0 Å². The smallest absolute Gasteiger partial charge is 0.254 e. The molecule has 2 heteroatoms. The van der Waals surface area contributed by atoms with Crippen molar-refractivity contribution in [2.24, 2.45) is 0 Å². The normalized spacial score (nSPS) is 11.5. The third-order valence-electron chi connectivity index (χ3n) is 3.76. The number of carbonyl (C=O) groups is 1. The van der Waals surface area contributed by atoms with Gasteiger partial charge >= 0.3 is 0 Å². The topological polar surface area (TPSA) is 20.3 Å². The van der Waals surface area contributed by atoms with Gasteiger partial charge in [0.15, 0.2) is 0 Å². The van der Waals surface area contributed by atoms with Gasteiger partial charge in [0.2, 0.25) is 0 Å². The van der Waals surface area contributed by atoms with E-state index in [9.17, 15) is 4.79 Å². The van der Waals surface area contributed by atoms with Gasteiger partial charge in [-0.1, -0.05) is 67.1 Å². The zero-order valence-corrected chi connectivity index (χ0v) is 13.6. The second kappa shape index (κ2) is 7.08. The van der Waals surface area contributed by atoms with Crippen molar-refractivity contribution in [3.05, 3.63) is 71.8 Å². The van der Waals surface area contributed by atoms with Crippen LogP contribution in [-0.2, 0) is 0 Å². The second-order valence-electron chi connectivity index (χ2n) is 5.69. The Labute approximate surface area is 132 Å². The van der Waals surface area contributed by atoms with Crippen molar-refractivity contribution in [2.45, 2.75) is 20.3 Å². The molecule has 0 unspecified atom stereocenters. The van der Waals surface area contributed by atoms with Crippen LogP contribution in [0.15, 0.2) is 66.3 Å². The highest BCUT2D eigenvalue weighted by Gasteiger charge is 2.14.